The van der Waals surface area contributed by atoms with E-state index in [9.17, 15) is 0 Å². The van der Waals surface area contributed by atoms with Crippen molar-refractivity contribution in [3.63, 3.8) is 0 Å². The molecule has 0 aromatic carbocycles. The highest BCUT2D eigenvalue weighted by molar-refractivity contribution is 5.43. The smallest absolute Gasteiger partial charge is 0.129 e. The zero-order valence-corrected chi connectivity index (χ0v) is 13.8. The lowest BCUT2D eigenvalue weighted by atomic mass is 10.1. The first-order valence-corrected chi connectivity index (χ1v) is 7.72. The third-order valence-electron chi connectivity index (χ3n) is 4.10. The molecule has 3 nitrogen and oxygen atoms in total. The summed E-state index contributed by atoms with van der Waals surface area (Å²) in [5.74, 6) is 1.97. The molecule has 0 aliphatic heterocycles. The predicted octanol–water partition coefficient (Wildman–Crippen LogP) is 3.51. The number of nitrogens with zero attached hydrogens (tertiary/aromatic N) is 2. The molecule has 0 saturated heterocycles. The van der Waals surface area contributed by atoms with Gasteiger partial charge in [0, 0.05) is 30.9 Å². The number of hydrogen-bond acceptors (Lipinski definition) is 3. The van der Waals surface area contributed by atoms with Crippen LogP contribution in [0.2, 0.25) is 0 Å². The van der Waals surface area contributed by atoms with Gasteiger partial charge in [0.05, 0.1) is 0 Å². The monoisotopic (exact) mass is 275 g/mol. The molecule has 1 atom stereocenters. The first kappa shape index (κ1) is 15.3. The molecule has 1 aliphatic carbocycles. The quantitative estimate of drug-likeness (QED) is 0.891. The fourth-order valence-electron chi connectivity index (χ4n) is 2.47. The van der Waals surface area contributed by atoms with Gasteiger partial charge in [0.2, 0.25) is 0 Å². The van der Waals surface area contributed by atoms with Crippen LogP contribution >= 0.6 is 0 Å². The maximum absolute atomic E-state index is 4.71. The number of pyridine rings is 1. The SMILES string of the molecule is Cc1cc(CNC(C)(C)C)cc(N(C)C(C)C2CC2)n1. The van der Waals surface area contributed by atoms with Crippen molar-refractivity contribution in [2.75, 3.05) is 11.9 Å². The molecule has 0 radical (unpaired) electrons. The Bertz CT molecular complexity index is 458. The summed E-state index contributed by atoms with van der Waals surface area (Å²) < 4.78 is 0. The summed E-state index contributed by atoms with van der Waals surface area (Å²) in [6.07, 6.45) is 2.74. The average molecular weight is 275 g/mol. The highest BCUT2D eigenvalue weighted by Gasteiger charge is 2.31. The number of aromatic nitrogens is 1. The van der Waals surface area contributed by atoms with E-state index in [-0.39, 0.29) is 5.54 Å². The molecule has 1 aliphatic rings. The fraction of sp³-hybridized carbons (Fsp3) is 0.706. The summed E-state index contributed by atoms with van der Waals surface area (Å²) in [4.78, 5) is 7.05. The molecular weight excluding hydrogens is 246 g/mol. The first-order valence-electron chi connectivity index (χ1n) is 7.72. The van der Waals surface area contributed by atoms with Crippen molar-refractivity contribution in [2.45, 2.75) is 65.6 Å². The lowest BCUT2D eigenvalue weighted by Gasteiger charge is -2.27. The minimum Gasteiger partial charge on any atom is -0.357 e. The van der Waals surface area contributed by atoms with Crippen LogP contribution in [0.5, 0.6) is 0 Å². The Kier molecular flexibility index (Phi) is 4.38. The lowest BCUT2D eigenvalue weighted by Crippen LogP contribution is -2.35. The maximum Gasteiger partial charge on any atom is 0.129 e. The van der Waals surface area contributed by atoms with Crippen molar-refractivity contribution < 1.29 is 0 Å². The minimum atomic E-state index is 0.143. The van der Waals surface area contributed by atoms with Gasteiger partial charge in [-0.25, -0.2) is 4.98 Å². The molecule has 1 aromatic rings. The van der Waals surface area contributed by atoms with Gasteiger partial charge in [0.25, 0.3) is 0 Å². The molecule has 1 fully saturated rings. The largest absolute Gasteiger partial charge is 0.357 e. The van der Waals surface area contributed by atoms with Gasteiger partial charge in [-0.1, -0.05) is 0 Å². The molecule has 1 saturated carbocycles. The summed E-state index contributed by atoms with van der Waals surface area (Å²) in [5.41, 5.74) is 2.56. The van der Waals surface area contributed by atoms with Gasteiger partial charge in [0.1, 0.15) is 5.82 Å². The second kappa shape index (κ2) is 5.72. The van der Waals surface area contributed by atoms with Crippen LogP contribution < -0.4 is 10.2 Å². The summed E-state index contributed by atoms with van der Waals surface area (Å²) in [6.45, 7) is 11.9. The van der Waals surface area contributed by atoms with E-state index in [0.717, 1.165) is 24.0 Å². The number of nitrogens with one attached hydrogen (secondary N) is 1. The van der Waals surface area contributed by atoms with Crippen LogP contribution in [0, 0.1) is 12.8 Å². The van der Waals surface area contributed by atoms with Gasteiger partial charge in [-0.15, -0.1) is 0 Å². The van der Waals surface area contributed by atoms with Crippen molar-refractivity contribution in [3.05, 3.63) is 23.4 Å². The van der Waals surface area contributed by atoms with Crippen molar-refractivity contribution in [3.8, 4) is 0 Å². The maximum atomic E-state index is 4.71. The minimum absolute atomic E-state index is 0.143. The number of anilines is 1. The molecule has 1 heterocycles. The average Bonchev–Trinajstić information content (AvgIpc) is 3.17. The molecule has 1 aromatic heterocycles. The predicted molar refractivity (Wildman–Crippen MR) is 86.2 cm³/mol. The topological polar surface area (TPSA) is 28.2 Å². The molecule has 1 N–H and O–H groups in total. The molecule has 3 heteroatoms. The zero-order valence-electron chi connectivity index (χ0n) is 13.8. The van der Waals surface area contributed by atoms with Gasteiger partial charge in [0.15, 0.2) is 0 Å². The third kappa shape index (κ3) is 4.20. The summed E-state index contributed by atoms with van der Waals surface area (Å²) in [6, 6.07) is 5.00. The van der Waals surface area contributed by atoms with E-state index in [1.54, 1.807) is 0 Å². The van der Waals surface area contributed by atoms with E-state index in [1.165, 1.54) is 18.4 Å². The Morgan fingerprint density at radius 3 is 2.55 bits per heavy atom. The highest BCUT2D eigenvalue weighted by Crippen LogP contribution is 2.36. The third-order valence-corrected chi connectivity index (χ3v) is 4.10. The van der Waals surface area contributed by atoms with E-state index in [2.05, 4.69) is 64.0 Å². The van der Waals surface area contributed by atoms with E-state index >= 15 is 0 Å². The van der Waals surface area contributed by atoms with Gasteiger partial charge in [-0.05, 0) is 71.1 Å². The summed E-state index contributed by atoms with van der Waals surface area (Å²) in [7, 11) is 2.17. The standard InChI is InChI=1S/C17H29N3/c1-12-9-14(11-18-17(3,4)5)10-16(19-12)20(6)13(2)15-7-8-15/h9-10,13,15,18H,7-8,11H2,1-6H3. The van der Waals surface area contributed by atoms with Crippen LogP contribution in [0.15, 0.2) is 12.1 Å². The first-order chi connectivity index (χ1) is 9.26. The molecule has 112 valence electrons. The number of hydrogen-bond donors (Lipinski definition) is 1. The van der Waals surface area contributed by atoms with Crippen molar-refractivity contribution in [2.24, 2.45) is 5.92 Å². The van der Waals surface area contributed by atoms with Crippen LogP contribution in [0.3, 0.4) is 0 Å². The van der Waals surface area contributed by atoms with Crippen molar-refractivity contribution in [1.82, 2.24) is 10.3 Å². The van der Waals surface area contributed by atoms with Crippen LogP contribution in [0.4, 0.5) is 5.82 Å². The van der Waals surface area contributed by atoms with E-state index in [1.807, 2.05) is 0 Å². The fourth-order valence-corrected chi connectivity index (χ4v) is 2.47. The Morgan fingerprint density at radius 1 is 1.35 bits per heavy atom. The normalized spacial score (nSPS) is 17.1. The van der Waals surface area contributed by atoms with Crippen LogP contribution in [-0.4, -0.2) is 23.6 Å². The second-order valence-corrected chi connectivity index (χ2v) is 7.27. The number of rotatable bonds is 5. The lowest BCUT2D eigenvalue weighted by molar-refractivity contribution is 0.424. The zero-order chi connectivity index (χ0) is 14.9. The van der Waals surface area contributed by atoms with E-state index in [0.29, 0.717) is 6.04 Å². The summed E-state index contributed by atoms with van der Waals surface area (Å²) in [5, 5.41) is 3.55. The van der Waals surface area contributed by atoms with Gasteiger partial charge in [-0.2, -0.15) is 0 Å². The van der Waals surface area contributed by atoms with Gasteiger partial charge >= 0.3 is 0 Å². The van der Waals surface area contributed by atoms with Gasteiger partial charge < -0.3 is 10.2 Å². The summed E-state index contributed by atoms with van der Waals surface area (Å²) >= 11 is 0. The molecule has 20 heavy (non-hydrogen) atoms. The molecule has 0 bridgehead atoms. The highest BCUT2D eigenvalue weighted by atomic mass is 15.2. The Labute approximate surface area is 123 Å². The Morgan fingerprint density at radius 2 is 2.00 bits per heavy atom. The van der Waals surface area contributed by atoms with Crippen molar-refractivity contribution in [1.29, 1.82) is 0 Å². The van der Waals surface area contributed by atoms with Crippen molar-refractivity contribution >= 4 is 5.82 Å². The van der Waals surface area contributed by atoms with E-state index in [4.69, 9.17) is 4.98 Å². The molecule has 1 unspecified atom stereocenters. The number of aryl methyl sites for hydroxylation is 1. The molecule has 2 rings (SSSR count). The molecule has 0 amide bonds. The van der Waals surface area contributed by atoms with Crippen LogP contribution in [0.1, 0.15) is 51.8 Å². The molecular formula is C17H29N3. The Hall–Kier alpha value is -1.09. The second-order valence-electron chi connectivity index (χ2n) is 7.27. The van der Waals surface area contributed by atoms with Crippen LogP contribution in [-0.2, 0) is 6.54 Å². The molecule has 0 spiro atoms. The van der Waals surface area contributed by atoms with Gasteiger partial charge in [-0.3, -0.25) is 0 Å². The van der Waals surface area contributed by atoms with Crippen LogP contribution in [0.25, 0.3) is 0 Å². The van der Waals surface area contributed by atoms with E-state index < -0.39 is 0 Å². The Balaban J connectivity index is 2.11.